The maximum Gasteiger partial charge on any atom is 0.251 e. The van der Waals surface area contributed by atoms with Crippen LogP contribution in [0.3, 0.4) is 0 Å². The van der Waals surface area contributed by atoms with Crippen LogP contribution < -0.4 is 10.6 Å². The minimum atomic E-state index is -0.115. The molecule has 0 saturated carbocycles. The van der Waals surface area contributed by atoms with Gasteiger partial charge in [0.25, 0.3) is 5.91 Å². The van der Waals surface area contributed by atoms with Gasteiger partial charge >= 0.3 is 0 Å². The molecule has 19 heavy (non-hydrogen) atoms. The fourth-order valence-electron chi connectivity index (χ4n) is 1.69. The summed E-state index contributed by atoms with van der Waals surface area (Å²) in [5.74, 6) is 0.946. The topological polar surface area (TPSA) is 54.0 Å². The molecule has 1 aromatic heterocycles. The third kappa shape index (κ3) is 4.71. The second-order valence-electron chi connectivity index (χ2n) is 4.74. The molecule has 4 nitrogen and oxygen atoms in total. The fraction of sp³-hybridized carbons (Fsp3) is 0.571. The molecule has 5 heteroatoms. The highest BCUT2D eigenvalue weighted by atomic mass is 35.5. The van der Waals surface area contributed by atoms with Gasteiger partial charge in [-0.15, -0.1) is 0 Å². The third-order valence-electron chi connectivity index (χ3n) is 3.27. The average Bonchev–Trinajstić information content (AvgIpc) is 2.37. The molecule has 0 aliphatic heterocycles. The summed E-state index contributed by atoms with van der Waals surface area (Å²) < 4.78 is 0. The van der Waals surface area contributed by atoms with Gasteiger partial charge in [-0.25, -0.2) is 4.98 Å². The van der Waals surface area contributed by atoms with Crippen LogP contribution in [0.4, 0.5) is 5.82 Å². The van der Waals surface area contributed by atoms with Crippen molar-refractivity contribution in [2.24, 2.45) is 5.92 Å². The minimum Gasteiger partial charge on any atom is -0.370 e. The number of amides is 1. The number of aromatic nitrogens is 1. The van der Waals surface area contributed by atoms with Gasteiger partial charge in [0, 0.05) is 18.2 Å². The van der Waals surface area contributed by atoms with Gasteiger partial charge in [-0.3, -0.25) is 4.79 Å². The Morgan fingerprint density at radius 1 is 1.37 bits per heavy atom. The lowest BCUT2D eigenvalue weighted by Gasteiger charge is -2.20. The molecule has 0 fully saturated rings. The van der Waals surface area contributed by atoms with E-state index in [-0.39, 0.29) is 11.9 Å². The Balaban J connectivity index is 2.81. The van der Waals surface area contributed by atoms with E-state index in [9.17, 15) is 4.79 Å². The molecule has 2 unspecified atom stereocenters. The number of anilines is 1. The summed E-state index contributed by atoms with van der Waals surface area (Å²) in [4.78, 5) is 16.3. The number of carbonyl (C=O) groups excluding carboxylic acids is 1. The normalized spacial score (nSPS) is 13.7. The number of pyridine rings is 1. The first-order valence-corrected chi connectivity index (χ1v) is 7.08. The van der Waals surface area contributed by atoms with Crippen molar-refractivity contribution in [3.63, 3.8) is 0 Å². The minimum absolute atomic E-state index is 0.115. The Bertz CT molecular complexity index is 437. The molecule has 2 N–H and O–H groups in total. The van der Waals surface area contributed by atoms with E-state index < -0.39 is 0 Å². The van der Waals surface area contributed by atoms with E-state index in [1.165, 1.54) is 0 Å². The van der Waals surface area contributed by atoms with E-state index in [0.717, 1.165) is 13.0 Å². The summed E-state index contributed by atoms with van der Waals surface area (Å²) in [5, 5.41) is 6.36. The first-order chi connectivity index (χ1) is 8.97. The second kappa shape index (κ2) is 7.34. The van der Waals surface area contributed by atoms with Crippen LogP contribution in [0.15, 0.2) is 12.1 Å². The largest absolute Gasteiger partial charge is 0.370 e. The molecule has 1 heterocycles. The molecule has 0 aliphatic rings. The van der Waals surface area contributed by atoms with E-state index in [0.29, 0.717) is 22.5 Å². The Morgan fingerprint density at radius 3 is 2.63 bits per heavy atom. The predicted molar refractivity (Wildman–Crippen MR) is 79.8 cm³/mol. The van der Waals surface area contributed by atoms with Gasteiger partial charge in [-0.1, -0.05) is 31.9 Å². The van der Waals surface area contributed by atoms with Crippen LogP contribution in [0, 0.1) is 5.92 Å². The molecule has 0 radical (unpaired) electrons. The Morgan fingerprint density at radius 2 is 2.05 bits per heavy atom. The lowest BCUT2D eigenvalue weighted by atomic mass is 10.0. The Labute approximate surface area is 120 Å². The summed E-state index contributed by atoms with van der Waals surface area (Å²) in [7, 11) is 0. The number of nitrogens with zero attached hydrogens (tertiary/aromatic N) is 1. The van der Waals surface area contributed by atoms with Crippen LogP contribution in [0.1, 0.15) is 44.5 Å². The fourth-order valence-corrected chi connectivity index (χ4v) is 1.89. The molecule has 0 saturated heterocycles. The standard InChI is InChI=1S/C14H22ClN3O/c1-5-9(3)10(4)17-14(19)11-7-12(15)18-13(8-11)16-6-2/h7-10H,5-6H2,1-4H3,(H,16,18)(H,17,19). The van der Waals surface area contributed by atoms with Crippen molar-refractivity contribution >= 4 is 23.3 Å². The highest BCUT2D eigenvalue weighted by Crippen LogP contribution is 2.15. The summed E-state index contributed by atoms with van der Waals surface area (Å²) in [6, 6.07) is 3.43. The maximum absolute atomic E-state index is 12.2. The molecule has 2 atom stereocenters. The molecule has 0 aromatic carbocycles. The zero-order chi connectivity index (χ0) is 14.4. The van der Waals surface area contributed by atoms with Crippen molar-refractivity contribution in [1.29, 1.82) is 0 Å². The highest BCUT2D eigenvalue weighted by molar-refractivity contribution is 6.29. The molecule has 1 aromatic rings. The number of carbonyl (C=O) groups is 1. The van der Waals surface area contributed by atoms with E-state index in [1.54, 1.807) is 12.1 Å². The van der Waals surface area contributed by atoms with Crippen LogP contribution in [-0.4, -0.2) is 23.5 Å². The van der Waals surface area contributed by atoms with Crippen LogP contribution in [0.5, 0.6) is 0 Å². The smallest absolute Gasteiger partial charge is 0.251 e. The van der Waals surface area contributed by atoms with Crippen LogP contribution in [0.25, 0.3) is 0 Å². The van der Waals surface area contributed by atoms with E-state index >= 15 is 0 Å². The zero-order valence-electron chi connectivity index (χ0n) is 12.0. The van der Waals surface area contributed by atoms with E-state index in [1.807, 2.05) is 13.8 Å². The molecule has 0 aliphatic carbocycles. The first kappa shape index (κ1) is 15.8. The summed E-state index contributed by atoms with van der Waals surface area (Å²) in [5.41, 5.74) is 0.533. The number of hydrogen-bond donors (Lipinski definition) is 2. The van der Waals surface area contributed by atoms with Gasteiger partial charge in [-0.05, 0) is 31.9 Å². The van der Waals surface area contributed by atoms with Gasteiger partial charge in [0.05, 0.1) is 0 Å². The molecule has 0 bridgehead atoms. The summed E-state index contributed by atoms with van der Waals surface area (Å²) in [6.45, 7) is 8.94. The number of halogens is 1. The predicted octanol–water partition coefficient (Wildman–Crippen LogP) is 3.33. The average molecular weight is 284 g/mol. The van der Waals surface area contributed by atoms with Crippen molar-refractivity contribution in [2.45, 2.75) is 40.2 Å². The quantitative estimate of drug-likeness (QED) is 0.788. The number of hydrogen-bond acceptors (Lipinski definition) is 3. The molecule has 106 valence electrons. The van der Waals surface area contributed by atoms with Gasteiger partial charge in [0.2, 0.25) is 0 Å². The molecular weight excluding hydrogens is 262 g/mol. The van der Waals surface area contributed by atoms with Crippen LogP contribution >= 0.6 is 11.6 Å². The zero-order valence-corrected chi connectivity index (χ0v) is 12.7. The van der Waals surface area contributed by atoms with Crippen molar-refractivity contribution in [2.75, 3.05) is 11.9 Å². The van der Waals surface area contributed by atoms with Crippen molar-refractivity contribution in [3.05, 3.63) is 22.8 Å². The third-order valence-corrected chi connectivity index (χ3v) is 3.46. The molecular formula is C14H22ClN3O. The van der Waals surface area contributed by atoms with Crippen molar-refractivity contribution in [3.8, 4) is 0 Å². The Kier molecular flexibility index (Phi) is 6.09. The van der Waals surface area contributed by atoms with Crippen molar-refractivity contribution in [1.82, 2.24) is 10.3 Å². The second-order valence-corrected chi connectivity index (χ2v) is 5.13. The number of rotatable bonds is 6. The maximum atomic E-state index is 12.2. The van der Waals surface area contributed by atoms with Gasteiger partial charge < -0.3 is 10.6 Å². The molecule has 1 rings (SSSR count). The summed E-state index contributed by atoms with van der Waals surface area (Å²) in [6.07, 6.45) is 1.03. The molecule has 1 amide bonds. The first-order valence-electron chi connectivity index (χ1n) is 6.70. The van der Waals surface area contributed by atoms with Gasteiger partial charge in [-0.2, -0.15) is 0 Å². The monoisotopic (exact) mass is 283 g/mol. The van der Waals surface area contributed by atoms with Gasteiger partial charge in [0.15, 0.2) is 0 Å². The lowest BCUT2D eigenvalue weighted by Crippen LogP contribution is -2.36. The lowest BCUT2D eigenvalue weighted by molar-refractivity contribution is 0.0928. The van der Waals surface area contributed by atoms with Gasteiger partial charge in [0.1, 0.15) is 11.0 Å². The van der Waals surface area contributed by atoms with Crippen LogP contribution in [-0.2, 0) is 0 Å². The number of nitrogens with one attached hydrogen (secondary N) is 2. The Hall–Kier alpha value is -1.29. The SMILES string of the molecule is CCNc1cc(C(=O)NC(C)C(C)CC)cc(Cl)n1. The highest BCUT2D eigenvalue weighted by Gasteiger charge is 2.15. The summed E-state index contributed by atoms with van der Waals surface area (Å²) >= 11 is 5.93. The molecule has 0 spiro atoms. The van der Waals surface area contributed by atoms with Crippen LogP contribution in [0.2, 0.25) is 5.15 Å². The van der Waals surface area contributed by atoms with E-state index in [4.69, 9.17) is 11.6 Å². The van der Waals surface area contributed by atoms with Crippen molar-refractivity contribution < 1.29 is 4.79 Å². The van der Waals surface area contributed by atoms with E-state index in [2.05, 4.69) is 29.5 Å².